The molecule has 1 N–H and O–H groups in total. The molecule has 1 aliphatic heterocycles. The largest absolute Gasteiger partial charge is 0.490 e. The Labute approximate surface area is 108 Å². The van der Waals surface area contributed by atoms with Crippen LogP contribution in [0.5, 0.6) is 5.75 Å². The molecule has 1 fully saturated rings. The van der Waals surface area contributed by atoms with Crippen LogP contribution in [0.2, 0.25) is 0 Å². The minimum absolute atomic E-state index is 0.164. The smallest absolute Gasteiger partial charge is 0.123 e. The van der Waals surface area contributed by atoms with Crippen molar-refractivity contribution in [2.45, 2.75) is 44.8 Å². The number of halogens is 1. The van der Waals surface area contributed by atoms with Crippen molar-refractivity contribution in [2.24, 2.45) is 5.41 Å². The van der Waals surface area contributed by atoms with E-state index in [-0.39, 0.29) is 11.9 Å². The van der Waals surface area contributed by atoms with E-state index in [1.807, 2.05) is 7.05 Å². The van der Waals surface area contributed by atoms with E-state index in [9.17, 15) is 4.39 Å². The van der Waals surface area contributed by atoms with Gasteiger partial charge >= 0.3 is 0 Å². The van der Waals surface area contributed by atoms with E-state index in [1.54, 1.807) is 12.1 Å². The van der Waals surface area contributed by atoms with Gasteiger partial charge in [0.05, 0.1) is 0 Å². The second kappa shape index (κ2) is 4.23. The summed E-state index contributed by atoms with van der Waals surface area (Å²) in [6, 6.07) is 5.37. The Morgan fingerprint density at radius 1 is 1.50 bits per heavy atom. The van der Waals surface area contributed by atoms with Gasteiger partial charge < -0.3 is 10.1 Å². The summed E-state index contributed by atoms with van der Waals surface area (Å²) >= 11 is 0. The highest BCUT2D eigenvalue weighted by molar-refractivity contribution is 5.38. The van der Waals surface area contributed by atoms with Crippen molar-refractivity contribution in [3.63, 3.8) is 0 Å². The van der Waals surface area contributed by atoms with Gasteiger partial charge in [-0.1, -0.05) is 0 Å². The van der Waals surface area contributed by atoms with Gasteiger partial charge in [0.2, 0.25) is 0 Å². The lowest BCUT2D eigenvalue weighted by Gasteiger charge is -2.25. The number of nitrogens with one attached hydrogen (secondary N) is 1. The Hall–Kier alpha value is -1.09. The van der Waals surface area contributed by atoms with Gasteiger partial charge in [0.25, 0.3) is 0 Å². The molecule has 2 aliphatic rings. The van der Waals surface area contributed by atoms with Gasteiger partial charge in [-0.05, 0) is 56.8 Å². The molecule has 98 valence electrons. The van der Waals surface area contributed by atoms with Crippen molar-refractivity contribution in [2.75, 3.05) is 7.05 Å². The molecule has 0 spiro atoms. The molecule has 0 amide bonds. The predicted molar refractivity (Wildman–Crippen MR) is 69.3 cm³/mol. The minimum Gasteiger partial charge on any atom is -0.490 e. The average Bonchev–Trinajstić information content (AvgIpc) is 3.02. The van der Waals surface area contributed by atoms with Crippen molar-refractivity contribution in [3.8, 4) is 5.75 Å². The fourth-order valence-corrected chi connectivity index (χ4v) is 3.14. The Balaban J connectivity index is 1.68. The van der Waals surface area contributed by atoms with Crippen LogP contribution in [0.3, 0.4) is 0 Å². The first kappa shape index (κ1) is 12.0. The highest BCUT2D eigenvalue weighted by Gasteiger charge is 2.49. The van der Waals surface area contributed by atoms with Crippen molar-refractivity contribution in [3.05, 3.63) is 29.6 Å². The Bertz CT molecular complexity index is 456. The molecule has 1 aromatic rings. The monoisotopic (exact) mass is 249 g/mol. The third-order valence-corrected chi connectivity index (χ3v) is 4.64. The first-order valence-corrected chi connectivity index (χ1v) is 6.75. The van der Waals surface area contributed by atoms with E-state index >= 15 is 0 Å². The van der Waals surface area contributed by atoms with Crippen LogP contribution in [0.25, 0.3) is 0 Å². The Kier molecular flexibility index (Phi) is 2.81. The molecular weight excluding hydrogens is 229 g/mol. The highest BCUT2D eigenvalue weighted by atomic mass is 19.1. The van der Waals surface area contributed by atoms with Gasteiger partial charge in [0.1, 0.15) is 17.7 Å². The van der Waals surface area contributed by atoms with E-state index in [4.69, 9.17) is 4.74 Å². The van der Waals surface area contributed by atoms with Crippen molar-refractivity contribution >= 4 is 0 Å². The van der Waals surface area contributed by atoms with Crippen LogP contribution < -0.4 is 10.1 Å². The summed E-state index contributed by atoms with van der Waals surface area (Å²) in [5.41, 5.74) is 1.42. The molecule has 3 heteroatoms. The zero-order chi connectivity index (χ0) is 12.8. The molecule has 0 saturated heterocycles. The van der Waals surface area contributed by atoms with Crippen LogP contribution in [-0.4, -0.2) is 19.2 Å². The van der Waals surface area contributed by atoms with E-state index in [0.717, 1.165) is 24.2 Å². The van der Waals surface area contributed by atoms with Crippen molar-refractivity contribution in [1.29, 1.82) is 0 Å². The number of benzene rings is 1. The van der Waals surface area contributed by atoms with Crippen LogP contribution in [0.1, 0.15) is 31.7 Å². The lowest BCUT2D eigenvalue weighted by molar-refractivity contribution is 0.170. The standard InChI is InChI=1S/C15H20FNO/c1-10(17-2)15(5-6-15)9-13-8-11-7-12(16)3-4-14(11)18-13/h3-4,7,10,13,17H,5-6,8-9H2,1-2H3. The van der Waals surface area contributed by atoms with E-state index in [2.05, 4.69) is 12.2 Å². The maximum absolute atomic E-state index is 13.2. The third-order valence-electron chi connectivity index (χ3n) is 4.64. The van der Waals surface area contributed by atoms with Crippen LogP contribution in [-0.2, 0) is 6.42 Å². The number of hydrogen-bond acceptors (Lipinski definition) is 2. The van der Waals surface area contributed by atoms with Crippen LogP contribution in [0.15, 0.2) is 18.2 Å². The maximum atomic E-state index is 13.2. The molecule has 0 radical (unpaired) electrons. The molecular formula is C15H20FNO. The van der Waals surface area contributed by atoms with Crippen molar-refractivity contribution < 1.29 is 9.13 Å². The first-order valence-electron chi connectivity index (χ1n) is 6.75. The summed E-state index contributed by atoms with van der Waals surface area (Å²) in [7, 11) is 2.02. The summed E-state index contributed by atoms with van der Waals surface area (Å²) in [6.45, 7) is 2.24. The SMILES string of the molecule is CNC(C)C1(CC2Cc3cc(F)ccc3O2)CC1. The van der Waals surface area contributed by atoms with Gasteiger partial charge in [0.15, 0.2) is 0 Å². The Morgan fingerprint density at radius 2 is 2.28 bits per heavy atom. The molecule has 2 unspecified atom stereocenters. The molecule has 1 aromatic carbocycles. The molecule has 2 nitrogen and oxygen atoms in total. The normalized spacial score (nSPS) is 25.4. The lowest BCUT2D eigenvalue weighted by atomic mass is 9.89. The van der Waals surface area contributed by atoms with Crippen LogP contribution in [0.4, 0.5) is 4.39 Å². The number of fused-ring (bicyclic) bond motifs is 1. The van der Waals surface area contributed by atoms with Gasteiger partial charge in [-0.3, -0.25) is 0 Å². The molecule has 2 atom stereocenters. The quantitative estimate of drug-likeness (QED) is 0.886. The number of rotatable bonds is 4. The summed E-state index contributed by atoms with van der Waals surface area (Å²) < 4.78 is 19.1. The molecule has 0 aromatic heterocycles. The number of hydrogen-bond donors (Lipinski definition) is 1. The maximum Gasteiger partial charge on any atom is 0.123 e. The Morgan fingerprint density at radius 3 is 2.94 bits per heavy atom. The topological polar surface area (TPSA) is 21.3 Å². The average molecular weight is 249 g/mol. The molecule has 1 saturated carbocycles. The minimum atomic E-state index is -0.164. The summed E-state index contributed by atoms with van der Waals surface area (Å²) in [6.07, 6.45) is 4.70. The van der Waals surface area contributed by atoms with Crippen LogP contribution in [0, 0.1) is 11.2 Å². The fourth-order valence-electron chi connectivity index (χ4n) is 3.14. The molecule has 1 aliphatic carbocycles. The summed E-state index contributed by atoms with van der Waals surface area (Å²) in [5.74, 6) is 0.706. The van der Waals surface area contributed by atoms with E-state index in [0.29, 0.717) is 11.5 Å². The zero-order valence-electron chi connectivity index (χ0n) is 11.0. The van der Waals surface area contributed by atoms with Gasteiger partial charge in [-0.25, -0.2) is 4.39 Å². The van der Waals surface area contributed by atoms with E-state index in [1.165, 1.54) is 18.9 Å². The van der Waals surface area contributed by atoms with Crippen LogP contribution >= 0.6 is 0 Å². The second-order valence-corrected chi connectivity index (χ2v) is 5.77. The highest BCUT2D eigenvalue weighted by Crippen LogP contribution is 2.53. The predicted octanol–water partition coefficient (Wildman–Crippen LogP) is 2.91. The lowest BCUT2D eigenvalue weighted by Crippen LogP contribution is -2.35. The van der Waals surface area contributed by atoms with Gasteiger partial charge in [-0.2, -0.15) is 0 Å². The van der Waals surface area contributed by atoms with Crippen molar-refractivity contribution in [1.82, 2.24) is 5.32 Å². The fraction of sp³-hybridized carbons (Fsp3) is 0.600. The first-order chi connectivity index (χ1) is 8.63. The third kappa shape index (κ3) is 2.01. The van der Waals surface area contributed by atoms with Gasteiger partial charge in [-0.15, -0.1) is 0 Å². The number of ether oxygens (including phenoxy) is 1. The zero-order valence-corrected chi connectivity index (χ0v) is 11.0. The molecule has 0 bridgehead atoms. The van der Waals surface area contributed by atoms with Gasteiger partial charge in [0, 0.05) is 18.0 Å². The van der Waals surface area contributed by atoms with E-state index < -0.39 is 0 Å². The summed E-state index contributed by atoms with van der Waals surface area (Å²) in [4.78, 5) is 0. The summed E-state index contributed by atoms with van der Waals surface area (Å²) in [5, 5.41) is 3.36. The second-order valence-electron chi connectivity index (χ2n) is 5.77. The molecule has 18 heavy (non-hydrogen) atoms. The molecule has 1 heterocycles. The molecule has 3 rings (SSSR count).